The molecule has 0 radical (unpaired) electrons. The average Bonchev–Trinajstić information content (AvgIpc) is 2.00. The summed E-state index contributed by atoms with van der Waals surface area (Å²) in [6.45, 7) is 4.27. The van der Waals surface area contributed by atoms with Gasteiger partial charge in [0.2, 0.25) is 0 Å². The van der Waals surface area contributed by atoms with E-state index in [0.717, 1.165) is 17.9 Å². The molecule has 1 unspecified atom stereocenters. The Morgan fingerprint density at radius 3 is 2.64 bits per heavy atom. The lowest BCUT2D eigenvalue weighted by Gasteiger charge is -2.29. The first kappa shape index (κ1) is 9.15. The van der Waals surface area contributed by atoms with Crippen LogP contribution in [0.25, 0.3) is 0 Å². The lowest BCUT2D eigenvalue weighted by molar-refractivity contribution is 0.402. The molecule has 0 saturated carbocycles. The summed E-state index contributed by atoms with van der Waals surface area (Å²) in [4.78, 5) is 0. The zero-order valence-electron chi connectivity index (χ0n) is 6.82. The lowest BCUT2D eigenvalue weighted by Crippen LogP contribution is -2.17. The molecule has 0 bridgehead atoms. The maximum absolute atomic E-state index is 6.07. The van der Waals surface area contributed by atoms with Gasteiger partial charge in [0.25, 0.3) is 0 Å². The predicted molar refractivity (Wildman–Crippen MR) is 50.9 cm³/mol. The first-order valence-electron chi connectivity index (χ1n) is 3.82. The fourth-order valence-electron chi connectivity index (χ4n) is 1.17. The molecule has 0 heterocycles. The molecule has 0 aromatic rings. The molecule has 2 heteroatoms. The smallest absolute Gasteiger partial charge is 0.0553 e. The molecule has 1 aliphatic carbocycles. The Morgan fingerprint density at radius 1 is 1.55 bits per heavy atom. The zero-order valence-corrected chi connectivity index (χ0v) is 8.34. The van der Waals surface area contributed by atoms with Gasteiger partial charge in [-0.05, 0) is 18.9 Å². The van der Waals surface area contributed by atoms with Gasteiger partial charge in [-0.2, -0.15) is 0 Å². The van der Waals surface area contributed by atoms with Crippen LogP contribution in [0.5, 0.6) is 0 Å². The maximum atomic E-state index is 6.07. The van der Waals surface area contributed by atoms with Crippen molar-refractivity contribution in [1.29, 1.82) is 0 Å². The minimum Gasteiger partial charge on any atom is -0.0869 e. The number of hydrogen-bond donors (Lipinski definition) is 0. The molecule has 0 amide bonds. The lowest BCUT2D eigenvalue weighted by atomic mass is 9.81. The van der Waals surface area contributed by atoms with E-state index in [9.17, 15) is 0 Å². The van der Waals surface area contributed by atoms with Crippen LogP contribution in [0.2, 0.25) is 0 Å². The molecule has 62 valence electrons. The highest BCUT2D eigenvalue weighted by Crippen LogP contribution is 2.43. The molecule has 0 nitrogen and oxygen atoms in total. The van der Waals surface area contributed by atoms with Crippen molar-refractivity contribution in [2.24, 2.45) is 5.41 Å². The van der Waals surface area contributed by atoms with Crippen molar-refractivity contribution in [3.8, 4) is 0 Å². The quantitative estimate of drug-likeness (QED) is 0.586. The van der Waals surface area contributed by atoms with Gasteiger partial charge < -0.3 is 0 Å². The molecule has 0 aliphatic heterocycles. The number of allylic oxidation sites excluding steroid dienone is 4. The van der Waals surface area contributed by atoms with E-state index in [2.05, 4.69) is 19.9 Å². The molecule has 11 heavy (non-hydrogen) atoms. The molecular weight excluding hydrogens is 179 g/mol. The van der Waals surface area contributed by atoms with E-state index in [-0.39, 0.29) is 5.41 Å². The number of rotatable bonds is 1. The van der Waals surface area contributed by atoms with Crippen molar-refractivity contribution in [3.05, 3.63) is 22.2 Å². The Labute approximate surface area is 77.9 Å². The highest BCUT2D eigenvalue weighted by atomic mass is 35.5. The first-order chi connectivity index (χ1) is 5.10. The van der Waals surface area contributed by atoms with Gasteiger partial charge in [-0.15, -0.1) is 0 Å². The molecule has 0 saturated heterocycles. The molecule has 0 aromatic carbocycles. The summed E-state index contributed by atoms with van der Waals surface area (Å²) in [5.41, 5.74) is 0.0768. The molecule has 0 spiro atoms. The largest absolute Gasteiger partial charge is 0.0869 e. The van der Waals surface area contributed by atoms with E-state index < -0.39 is 0 Å². The summed E-state index contributed by atoms with van der Waals surface area (Å²) in [7, 11) is 0. The maximum Gasteiger partial charge on any atom is 0.0553 e. The average molecular weight is 191 g/mol. The third-order valence-corrected chi connectivity index (χ3v) is 3.42. The fourth-order valence-corrected chi connectivity index (χ4v) is 1.76. The minimum absolute atomic E-state index is 0.0768. The summed E-state index contributed by atoms with van der Waals surface area (Å²) in [6.07, 6.45) is 5.99. The van der Waals surface area contributed by atoms with Crippen LogP contribution >= 0.6 is 23.2 Å². The van der Waals surface area contributed by atoms with E-state index in [0.29, 0.717) is 5.03 Å². The van der Waals surface area contributed by atoms with Crippen molar-refractivity contribution < 1.29 is 0 Å². The minimum atomic E-state index is 0.0768. The second-order valence-corrected chi connectivity index (χ2v) is 3.97. The molecule has 0 aromatic heterocycles. The van der Waals surface area contributed by atoms with E-state index in [1.807, 2.05) is 6.08 Å². The van der Waals surface area contributed by atoms with Crippen molar-refractivity contribution >= 4 is 23.2 Å². The number of halogens is 2. The molecule has 1 aliphatic rings. The van der Waals surface area contributed by atoms with E-state index in [4.69, 9.17) is 23.2 Å². The van der Waals surface area contributed by atoms with Gasteiger partial charge in [-0.1, -0.05) is 43.1 Å². The Hall–Kier alpha value is 0.0600. The van der Waals surface area contributed by atoms with E-state index in [1.165, 1.54) is 0 Å². The van der Waals surface area contributed by atoms with Crippen molar-refractivity contribution in [2.45, 2.75) is 26.7 Å². The van der Waals surface area contributed by atoms with Crippen LogP contribution < -0.4 is 0 Å². The van der Waals surface area contributed by atoms with Gasteiger partial charge in [0.15, 0.2) is 0 Å². The molecule has 1 rings (SSSR count). The van der Waals surface area contributed by atoms with Crippen molar-refractivity contribution in [1.82, 2.24) is 0 Å². The topological polar surface area (TPSA) is 0 Å². The highest BCUT2D eigenvalue weighted by molar-refractivity contribution is 6.40. The van der Waals surface area contributed by atoms with Crippen LogP contribution in [0.3, 0.4) is 0 Å². The summed E-state index contributed by atoms with van der Waals surface area (Å²) in [5.74, 6) is 0. The van der Waals surface area contributed by atoms with Crippen LogP contribution in [0.4, 0.5) is 0 Å². The van der Waals surface area contributed by atoms with Gasteiger partial charge in [0.05, 0.1) is 5.03 Å². The molecule has 0 N–H and O–H groups in total. The third kappa shape index (κ3) is 1.62. The SMILES string of the molecule is CCC1(C)CC=CC(Cl)=C1Cl. The third-order valence-electron chi connectivity index (χ3n) is 2.35. The van der Waals surface area contributed by atoms with Gasteiger partial charge in [0, 0.05) is 10.4 Å². The van der Waals surface area contributed by atoms with Crippen molar-refractivity contribution in [3.63, 3.8) is 0 Å². The van der Waals surface area contributed by atoms with Crippen LogP contribution in [0.1, 0.15) is 26.7 Å². The summed E-state index contributed by atoms with van der Waals surface area (Å²) in [5, 5.41) is 1.51. The molecular formula is C9H12Cl2. The monoisotopic (exact) mass is 190 g/mol. The standard InChI is InChI=1S/C9H12Cl2/c1-3-9(2)6-4-5-7(10)8(9)11/h4-5H,3,6H2,1-2H3. The van der Waals surface area contributed by atoms with Crippen LogP contribution in [0, 0.1) is 5.41 Å². The van der Waals surface area contributed by atoms with Gasteiger partial charge in [0.1, 0.15) is 0 Å². The highest BCUT2D eigenvalue weighted by Gasteiger charge is 2.28. The number of hydrogen-bond acceptors (Lipinski definition) is 0. The van der Waals surface area contributed by atoms with Crippen LogP contribution in [-0.2, 0) is 0 Å². The summed E-state index contributed by atoms with van der Waals surface area (Å²) in [6, 6.07) is 0. The fraction of sp³-hybridized carbons (Fsp3) is 0.556. The van der Waals surface area contributed by atoms with Crippen molar-refractivity contribution in [2.75, 3.05) is 0 Å². The molecule has 0 fully saturated rings. The Kier molecular flexibility index (Phi) is 2.66. The van der Waals surface area contributed by atoms with Gasteiger partial charge in [-0.25, -0.2) is 0 Å². The Morgan fingerprint density at radius 2 is 2.18 bits per heavy atom. The predicted octanol–water partition coefficient (Wildman–Crippen LogP) is 4.05. The van der Waals surface area contributed by atoms with Crippen LogP contribution in [0.15, 0.2) is 22.2 Å². The Bertz CT molecular complexity index is 216. The van der Waals surface area contributed by atoms with Gasteiger partial charge >= 0.3 is 0 Å². The summed E-state index contributed by atoms with van der Waals surface area (Å²) >= 11 is 12.0. The van der Waals surface area contributed by atoms with E-state index in [1.54, 1.807) is 0 Å². The summed E-state index contributed by atoms with van der Waals surface area (Å²) < 4.78 is 0. The van der Waals surface area contributed by atoms with Gasteiger partial charge in [-0.3, -0.25) is 0 Å². The Balaban J connectivity index is 2.97. The zero-order chi connectivity index (χ0) is 8.48. The molecule has 1 atom stereocenters. The second kappa shape index (κ2) is 3.20. The van der Waals surface area contributed by atoms with Crippen LogP contribution in [-0.4, -0.2) is 0 Å². The normalized spacial score (nSPS) is 31.3. The van der Waals surface area contributed by atoms with E-state index >= 15 is 0 Å². The first-order valence-corrected chi connectivity index (χ1v) is 4.58. The second-order valence-electron chi connectivity index (χ2n) is 3.18.